The lowest BCUT2D eigenvalue weighted by atomic mass is 9.89. The van der Waals surface area contributed by atoms with Gasteiger partial charge in [0.05, 0.1) is 11.9 Å². The zero-order chi connectivity index (χ0) is 23.1. The molecule has 7 heteroatoms. The summed E-state index contributed by atoms with van der Waals surface area (Å²) in [5.41, 5.74) is 1.79. The number of carbonyl (C=O) groups is 1. The molecule has 1 unspecified atom stereocenters. The van der Waals surface area contributed by atoms with E-state index in [0.717, 1.165) is 46.1 Å². The summed E-state index contributed by atoms with van der Waals surface area (Å²) in [6, 6.07) is 13.8. The summed E-state index contributed by atoms with van der Waals surface area (Å²) in [6.45, 7) is 2.69. The number of carbonyl (C=O) groups excluding carboxylic acids is 1. The summed E-state index contributed by atoms with van der Waals surface area (Å²) in [5.74, 6) is 1.02. The third-order valence-electron chi connectivity index (χ3n) is 6.32. The van der Waals surface area contributed by atoms with Crippen molar-refractivity contribution >= 4 is 43.9 Å². The van der Waals surface area contributed by atoms with Gasteiger partial charge in [0.25, 0.3) is 5.56 Å². The second kappa shape index (κ2) is 8.72. The Kier molecular flexibility index (Phi) is 5.76. The van der Waals surface area contributed by atoms with Gasteiger partial charge in [0.2, 0.25) is 5.91 Å². The van der Waals surface area contributed by atoms with E-state index in [4.69, 9.17) is 4.98 Å². The molecule has 1 atom stereocenters. The van der Waals surface area contributed by atoms with Crippen molar-refractivity contribution in [3.63, 3.8) is 0 Å². The van der Waals surface area contributed by atoms with Crippen LogP contribution in [0.25, 0.3) is 21.0 Å². The number of nitrogens with one attached hydrogen (secondary N) is 1. The number of thiophene rings is 1. The molecule has 0 radical (unpaired) electrons. The van der Waals surface area contributed by atoms with Crippen molar-refractivity contribution in [2.24, 2.45) is 5.92 Å². The molecule has 6 nitrogen and oxygen atoms in total. The van der Waals surface area contributed by atoms with Crippen LogP contribution in [0.5, 0.6) is 0 Å². The fourth-order valence-corrected chi connectivity index (χ4v) is 6.09. The first-order valence-electron chi connectivity index (χ1n) is 11.4. The van der Waals surface area contributed by atoms with Crippen LogP contribution in [0.1, 0.15) is 29.6 Å². The molecule has 4 aromatic rings. The van der Waals surface area contributed by atoms with Gasteiger partial charge in [0.15, 0.2) is 0 Å². The minimum Gasteiger partial charge on any atom is -0.324 e. The smallest absolute Gasteiger partial charge is 0.263 e. The summed E-state index contributed by atoms with van der Waals surface area (Å²) in [6.07, 6.45) is 2.99. The molecule has 170 valence electrons. The first-order chi connectivity index (χ1) is 15.9. The standard InChI is InChI=1S/C26H28N4O2S/c1-16-11-12-19-21(13-16)33-25-24(19)26(32)30(22(28-25)14-29(2)3)15-23(31)27-20-10-6-8-17-7-4-5-9-18(17)20/h4-10,16H,11-15H2,1-3H3,(H,27,31). The van der Waals surface area contributed by atoms with Crippen molar-refractivity contribution in [1.29, 1.82) is 0 Å². The summed E-state index contributed by atoms with van der Waals surface area (Å²) >= 11 is 1.65. The topological polar surface area (TPSA) is 67.2 Å². The van der Waals surface area contributed by atoms with E-state index < -0.39 is 0 Å². The zero-order valence-electron chi connectivity index (χ0n) is 19.2. The molecular formula is C26H28N4O2S. The molecule has 0 fully saturated rings. The van der Waals surface area contributed by atoms with Crippen molar-refractivity contribution in [2.75, 3.05) is 19.4 Å². The van der Waals surface area contributed by atoms with Gasteiger partial charge in [-0.25, -0.2) is 4.98 Å². The Morgan fingerprint density at radius 2 is 2.00 bits per heavy atom. The molecule has 2 aromatic heterocycles. The Morgan fingerprint density at radius 3 is 2.82 bits per heavy atom. The number of rotatable bonds is 5. The average molecular weight is 461 g/mol. The van der Waals surface area contributed by atoms with E-state index in [1.165, 1.54) is 4.88 Å². The molecule has 0 aliphatic heterocycles. The predicted octanol–water partition coefficient (Wildman–Crippen LogP) is 4.44. The maximum atomic E-state index is 13.7. The van der Waals surface area contributed by atoms with E-state index in [0.29, 0.717) is 23.7 Å². The van der Waals surface area contributed by atoms with Crippen LogP contribution in [0, 0.1) is 5.92 Å². The first-order valence-corrected chi connectivity index (χ1v) is 12.2. The third kappa shape index (κ3) is 4.18. The minimum absolute atomic E-state index is 0.0603. The van der Waals surface area contributed by atoms with Gasteiger partial charge in [-0.05, 0) is 56.3 Å². The van der Waals surface area contributed by atoms with Gasteiger partial charge in [-0.2, -0.15) is 0 Å². The number of aryl methyl sites for hydroxylation is 1. The molecule has 0 bridgehead atoms. The van der Waals surface area contributed by atoms with Crippen molar-refractivity contribution in [3.05, 3.63) is 69.1 Å². The Morgan fingerprint density at radius 1 is 1.21 bits per heavy atom. The molecule has 33 heavy (non-hydrogen) atoms. The van der Waals surface area contributed by atoms with Crippen molar-refractivity contribution in [3.8, 4) is 0 Å². The van der Waals surface area contributed by atoms with E-state index in [9.17, 15) is 9.59 Å². The van der Waals surface area contributed by atoms with Crippen LogP contribution in [0.15, 0.2) is 47.3 Å². The molecule has 1 aliphatic carbocycles. The van der Waals surface area contributed by atoms with E-state index in [-0.39, 0.29) is 18.0 Å². The second-order valence-electron chi connectivity index (χ2n) is 9.26. The van der Waals surface area contributed by atoms with Gasteiger partial charge in [0, 0.05) is 16.0 Å². The van der Waals surface area contributed by atoms with Gasteiger partial charge in [-0.1, -0.05) is 43.3 Å². The number of aromatic nitrogens is 2. The molecule has 5 rings (SSSR count). The molecule has 1 amide bonds. The maximum absolute atomic E-state index is 13.7. The molecular weight excluding hydrogens is 432 g/mol. The van der Waals surface area contributed by atoms with Crippen LogP contribution in [0.2, 0.25) is 0 Å². The van der Waals surface area contributed by atoms with Crippen LogP contribution >= 0.6 is 11.3 Å². The molecule has 0 spiro atoms. The molecule has 1 N–H and O–H groups in total. The lowest BCUT2D eigenvalue weighted by Gasteiger charge is -2.18. The fraction of sp³-hybridized carbons (Fsp3) is 0.346. The van der Waals surface area contributed by atoms with Crippen molar-refractivity contribution in [1.82, 2.24) is 14.5 Å². The van der Waals surface area contributed by atoms with E-state index in [1.54, 1.807) is 15.9 Å². The van der Waals surface area contributed by atoms with Gasteiger partial charge in [-0.15, -0.1) is 11.3 Å². The minimum atomic E-state index is -0.229. The summed E-state index contributed by atoms with van der Waals surface area (Å²) in [5, 5.41) is 5.76. The Balaban J connectivity index is 1.54. The van der Waals surface area contributed by atoms with Crippen LogP contribution in [-0.2, 0) is 30.7 Å². The number of nitrogens with zero attached hydrogens (tertiary/aromatic N) is 3. The number of amides is 1. The van der Waals surface area contributed by atoms with Crippen LogP contribution < -0.4 is 10.9 Å². The van der Waals surface area contributed by atoms with Crippen LogP contribution in [0.3, 0.4) is 0 Å². The van der Waals surface area contributed by atoms with Crippen LogP contribution in [-0.4, -0.2) is 34.5 Å². The summed E-state index contributed by atoms with van der Waals surface area (Å²) in [4.78, 5) is 35.7. The van der Waals surface area contributed by atoms with E-state index in [2.05, 4.69) is 12.2 Å². The summed E-state index contributed by atoms with van der Waals surface area (Å²) < 4.78 is 1.56. The quantitative estimate of drug-likeness (QED) is 0.478. The lowest BCUT2D eigenvalue weighted by molar-refractivity contribution is -0.116. The second-order valence-corrected chi connectivity index (χ2v) is 10.3. The first kappa shape index (κ1) is 21.8. The average Bonchev–Trinajstić information content (AvgIpc) is 3.13. The van der Waals surface area contributed by atoms with Gasteiger partial charge in [-0.3, -0.25) is 14.2 Å². The van der Waals surface area contributed by atoms with Gasteiger partial charge < -0.3 is 10.2 Å². The monoisotopic (exact) mass is 460 g/mol. The van der Waals surface area contributed by atoms with Gasteiger partial charge in [0.1, 0.15) is 17.2 Å². The normalized spacial score (nSPS) is 15.8. The SMILES string of the molecule is CC1CCc2c(sc3nc(CN(C)C)n(CC(=O)Nc4cccc5ccccc45)c(=O)c23)C1. The number of anilines is 1. The van der Waals surface area contributed by atoms with Crippen molar-refractivity contribution < 1.29 is 4.79 Å². The number of hydrogen-bond donors (Lipinski definition) is 1. The Hall–Kier alpha value is -3.03. The fourth-order valence-electron chi connectivity index (χ4n) is 4.70. The number of fused-ring (bicyclic) bond motifs is 4. The molecule has 0 saturated carbocycles. The van der Waals surface area contributed by atoms with Crippen molar-refractivity contribution in [2.45, 2.75) is 39.3 Å². The zero-order valence-corrected chi connectivity index (χ0v) is 20.0. The van der Waals surface area contributed by atoms with Crippen LogP contribution in [0.4, 0.5) is 5.69 Å². The van der Waals surface area contributed by atoms with E-state index >= 15 is 0 Å². The number of hydrogen-bond acceptors (Lipinski definition) is 5. The largest absolute Gasteiger partial charge is 0.324 e. The van der Waals surface area contributed by atoms with Gasteiger partial charge >= 0.3 is 0 Å². The highest BCUT2D eigenvalue weighted by Gasteiger charge is 2.25. The Bertz CT molecular complexity index is 1410. The third-order valence-corrected chi connectivity index (χ3v) is 7.47. The lowest BCUT2D eigenvalue weighted by Crippen LogP contribution is -2.33. The predicted molar refractivity (Wildman–Crippen MR) is 135 cm³/mol. The molecule has 0 saturated heterocycles. The molecule has 2 heterocycles. The molecule has 1 aliphatic rings. The number of benzene rings is 2. The highest BCUT2D eigenvalue weighted by atomic mass is 32.1. The maximum Gasteiger partial charge on any atom is 0.263 e. The summed E-state index contributed by atoms with van der Waals surface area (Å²) in [7, 11) is 3.88. The van der Waals surface area contributed by atoms with E-state index in [1.807, 2.05) is 61.5 Å². The highest BCUT2D eigenvalue weighted by molar-refractivity contribution is 7.18. The molecule has 2 aromatic carbocycles. The Labute approximate surface area is 196 Å². The highest BCUT2D eigenvalue weighted by Crippen LogP contribution is 2.36.